The summed E-state index contributed by atoms with van der Waals surface area (Å²) in [5.41, 5.74) is 17.1. The Bertz CT molecular complexity index is 655. The second kappa shape index (κ2) is 4.84. The predicted octanol–water partition coefficient (Wildman–Crippen LogP) is 2.95. The summed E-state index contributed by atoms with van der Waals surface area (Å²) in [4.78, 5) is 0. The van der Waals surface area contributed by atoms with Crippen molar-refractivity contribution >= 4 is 0 Å². The molecule has 0 aliphatic heterocycles. The molecule has 0 atom stereocenters. The van der Waals surface area contributed by atoms with E-state index in [1.54, 1.807) is 0 Å². The third-order valence-electron chi connectivity index (χ3n) is 4.60. The molecule has 0 saturated heterocycles. The molecule has 3 nitrogen and oxygen atoms in total. The van der Waals surface area contributed by atoms with Crippen molar-refractivity contribution in [1.82, 2.24) is 0 Å². The maximum Gasteiger partial charge on any atom is 0.108 e. The Morgan fingerprint density at radius 3 is 1.76 bits per heavy atom. The van der Waals surface area contributed by atoms with Gasteiger partial charge in [-0.25, -0.2) is 0 Å². The number of nitrogens with zero attached hydrogens (tertiary/aromatic N) is 1. The largest absolute Gasteiger partial charge is 0.306 e. The first kappa shape index (κ1) is 15.5. The van der Waals surface area contributed by atoms with Crippen LogP contribution in [0.2, 0.25) is 0 Å². The van der Waals surface area contributed by atoms with Gasteiger partial charge >= 0.3 is 0 Å². The number of aryl methyl sites for hydroxylation is 2. The third kappa shape index (κ3) is 2.42. The van der Waals surface area contributed by atoms with Crippen molar-refractivity contribution < 1.29 is 0 Å². The number of nitriles is 1. The quantitative estimate of drug-likeness (QED) is 0.614. The van der Waals surface area contributed by atoms with Crippen LogP contribution in [-0.2, 0) is 5.41 Å². The van der Waals surface area contributed by atoms with E-state index in [1.807, 2.05) is 27.7 Å². The number of rotatable bonds is 1. The summed E-state index contributed by atoms with van der Waals surface area (Å²) < 4.78 is 0. The van der Waals surface area contributed by atoms with Crippen LogP contribution in [0.3, 0.4) is 0 Å². The molecule has 0 amide bonds. The van der Waals surface area contributed by atoms with Crippen LogP contribution in [0.1, 0.15) is 43.0 Å². The Morgan fingerprint density at radius 2 is 1.38 bits per heavy atom. The standard InChI is InChI=1S/C18H23N3/c1-11-6-15(7-12(2)16(11)10-19)17(5)8-13(3)18(20,21)14(4)9-17/h6-9H,20-21H2,1-5H3. The van der Waals surface area contributed by atoms with Crippen LogP contribution in [0.15, 0.2) is 35.4 Å². The van der Waals surface area contributed by atoms with Gasteiger partial charge in [0.15, 0.2) is 0 Å². The van der Waals surface area contributed by atoms with Gasteiger partial charge in [-0.1, -0.05) is 24.3 Å². The lowest BCUT2D eigenvalue weighted by atomic mass is 9.71. The summed E-state index contributed by atoms with van der Waals surface area (Å²) in [6.45, 7) is 10.0. The Morgan fingerprint density at radius 1 is 0.952 bits per heavy atom. The van der Waals surface area contributed by atoms with E-state index in [-0.39, 0.29) is 5.41 Å². The van der Waals surface area contributed by atoms with Gasteiger partial charge in [-0.2, -0.15) is 5.26 Å². The van der Waals surface area contributed by atoms with Gasteiger partial charge in [0.25, 0.3) is 0 Å². The van der Waals surface area contributed by atoms with Crippen LogP contribution >= 0.6 is 0 Å². The minimum absolute atomic E-state index is 0.250. The van der Waals surface area contributed by atoms with Crippen molar-refractivity contribution in [2.75, 3.05) is 0 Å². The maximum atomic E-state index is 9.21. The highest BCUT2D eigenvalue weighted by Gasteiger charge is 2.35. The van der Waals surface area contributed by atoms with E-state index in [9.17, 15) is 5.26 Å². The zero-order valence-corrected chi connectivity index (χ0v) is 13.4. The summed E-state index contributed by atoms with van der Waals surface area (Å²) >= 11 is 0. The average Bonchev–Trinajstić information content (AvgIpc) is 2.36. The van der Waals surface area contributed by atoms with Gasteiger partial charge in [0.1, 0.15) is 5.66 Å². The highest BCUT2D eigenvalue weighted by atomic mass is 15.0. The number of nitrogens with two attached hydrogens (primary N) is 2. The summed E-state index contributed by atoms with van der Waals surface area (Å²) in [5, 5.41) is 9.21. The first-order valence-corrected chi connectivity index (χ1v) is 7.11. The van der Waals surface area contributed by atoms with Crippen LogP contribution in [-0.4, -0.2) is 5.66 Å². The smallest absolute Gasteiger partial charge is 0.108 e. The van der Waals surface area contributed by atoms with Crippen molar-refractivity contribution in [2.24, 2.45) is 11.5 Å². The Hall–Kier alpha value is -1.89. The zero-order valence-electron chi connectivity index (χ0n) is 13.4. The van der Waals surface area contributed by atoms with E-state index in [1.165, 1.54) is 0 Å². The van der Waals surface area contributed by atoms with Crippen LogP contribution in [0.4, 0.5) is 0 Å². The number of allylic oxidation sites excluding steroid dienone is 2. The van der Waals surface area contributed by atoms with Gasteiger partial charge in [-0.15, -0.1) is 0 Å². The third-order valence-corrected chi connectivity index (χ3v) is 4.60. The minimum atomic E-state index is -0.865. The van der Waals surface area contributed by atoms with E-state index in [4.69, 9.17) is 11.5 Å². The summed E-state index contributed by atoms with van der Waals surface area (Å²) in [6.07, 6.45) is 4.25. The fraction of sp³-hybridized carbons (Fsp3) is 0.389. The van der Waals surface area contributed by atoms with E-state index in [0.29, 0.717) is 0 Å². The fourth-order valence-electron chi connectivity index (χ4n) is 3.11. The van der Waals surface area contributed by atoms with Crippen molar-refractivity contribution in [3.05, 3.63) is 57.7 Å². The Labute approximate surface area is 126 Å². The molecular weight excluding hydrogens is 258 g/mol. The van der Waals surface area contributed by atoms with E-state index in [2.05, 4.69) is 37.3 Å². The van der Waals surface area contributed by atoms with Crippen LogP contribution in [0, 0.1) is 25.2 Å². The van der Waals surface area contributed by atoms with E-state index >= 15 is 0 Å². The summed E-state index contributed by atoms with van der Waals surface area (Å²) in [6, 6.07) is 6.43. The number of benzene rings is 1. The van der Waals surface area contributed by atoms with Crippen molar-refractivity contribution in [3.63, 3.8) is 0 Å². The van der Waals surface area contributed by atoms with Gasteiger partial charge in [-0.3, -0.25) is 0 Å². The minimum Gasteiger partial charge on any atom is -0.306 e. The van der Waals surface area contributed by atoms with Crippen LogP contribution < -0.4 is 11.5 Å². The molecule has 0 bridgehead atoms. The van der Waals surface area contributed by atoms with Crippen molar-refractivity contribution in [2.45, 2.75) is 45.7 Å². The van der Waals surface area contributed by atoms with Crippen molar-refractivity contribution in [3.8, 4) is 6.07 Å². The molecule has 1 aromatic carbocycles. The molecule has 110 valence electrons. The zero-order chi connectivity index (χ0) is 16.0. The average molecular weight is 281 g/mol. The van der Waals surface area contributed by atoms with E-state index in [0.717, 1.165) is 33.4 Å². The topological polar surface area (TPSA) is 75.8 Å². The molecule has 0 heterocycles. The molecule has 4 N–H and O–H groups in total. The summed E-state index contributed by atoms with van der Waals surface area (Å²) in [7, 11) is 0. The van der Waals surface area contributed by atoms with Crippen LogP contribution in [0.5, 0.6) is 0 Å². The maximum absolute atomic E-state index is 9.21. The molecule has 0 radical (unpaired) electrons. The van der Waals surface area contributed by atoms with Crippen molar-refractivity contribution in [1.29, 1.82) is 5.26 Å². The molecular formula is C18H23N3. The van der Waals surface area contributed by atoms with E-state index < -0.39 is 5.66 Å². The SMILES string of the molecule is CC1=CC(C)(c2cc(C)c(C#N)c(C)c2)C=C(C)C1(N)N. The number of hydrogen-bond acceptors (Lipinski definition) is 3. The summed E-state index contributed by atoms with van der Waals surface area (Å²) in [5.74, 6) is 0. The second-order valence-corrected chi connectivity index (χ2v) is 6.40. The van der Waals surface area contributed by atoms with Gasteiger partial charge in [-0.05, 0) is 62.5 Å². The highest BCUT2D eigenvalue weighted by Crippen LogP contribution is 2.38. The second-order valence-electron chi connectivity index (χ2n) is 6.40. The Kier molecular flexibility index (Phi) is 3.57. The first-order chi connectivity index (χ1) is 9.61. The molecule has 0 saturated carbocycles. The molecule has 0 aromatic heterocycles. The van der Waals surface area contributed by atoms with Crippen LogP contribution in [0.25, 0.3) is 0 Å². The molecule has 1 aliphatic rings. The molecule has 0 fully saturated rings. The predicted molar refractivity (Wildman–Crippen MR) is 86.6 cm³/mol. The number of hydrogen-bond donors (Lipinski definition) is 2. The molecule has 2 rings (SSSR count). The molecule has 0 unspecified atom stereocenters. The van der Waals surface area contributed by atoms with Gasteiger partial charge in [0.2, 0.25) is 0 Å². The normalized spacial score (nSPS) is 19.5. The molecule has 1 aliphatic carbocycles. The lowest BCUT2D eigenvalue weighted by molar-refractivity contribution is 0.558. The lowest BCUT2D eigenvalue weighted by Crippen LogP contribution is -2.54. The molecule has 1 aromatic rings. The molecule has 3 heteroatoms. The Balaban J connectivity index is 2.63. The monoisotopic (exact) mass is 281 g/mol. The van der Waals surface area contributed by atoms with Gasteiger partial charge in [0.05, 0.1) is 11.6 Å². The molecule has 0 spiro atoms. The first-order valence-electron chi connectivity index (χ1n) is 7.11. The fourth-order valence-corrected chi connectivity index (χ4v) is 3.11. The lowest BCUT2D eigenvalue weighted by Gasteiger charge is -2.38. The highest BCUT2D eigenvalue weighted by molar-refractivity contribution is 5.53. The molecule has 21 heavy (non-hydrogen) atoms. The van der Waals surface area contributed by atoms with Gasteiger partial charge < -0.3 is 11.5 Å². The van der Waals surface area contributed by atoms with Gasteiger partial charge in [0, 0.05) is 5.41 Å².